The summed E-state index contributed by atoms with van der Waals surface area (Å²) in [4.78, 5) is 11.9. The maximum Gasteiger partial charge on any atom is 0.241 e. The number of hydrogen-bond acceptors (Lipinski definition) is 4. The lowest BCUT2D eigenvalue weighted by atomic mass is 10.1. The van der Waals surface area contributed by atoms with Crippen molar-refractivity contribution >= 4 is 5.91 Å². The van der Waals surface area contributed by atoms with Crippen LogP contribution in [0.3, 0.4) is 0 Å². The third kappa shape index (κ3) is 5.06. The first-order valence-corrected chi connectivity index (χ1v) is 6.96. The molecule has 0 saturated carbocycles. The van der Waals surface area contributed by atoms with Gasteiger partial charge >= 0.3 is 0 Å². The van der Waals surface area contributed by atoms with Gasteiger partial charge in [-0.1, -0.05) is 30.3 Å². The van der Waals surface area contributed by atoms with Crippen LogP contribution < -0.4 is 11.1 Å². The molecular weight excluding hydrogens is 268 g/mol. The van der Waals surface area contributed by atoms with Crippen LogP contribution in [0, 0.1) is 0 Å². The standard InChI is InChI=1S/C16H20N2O3/c17-15(13-6-2-1-3-7-13)16(19)18-9-5-10-20-12-14-8-4-11-21-14/h1-4,6-8,11,15H,5,9-10,12,17H2,(H,18,19)/t15-/m0/s1. The molecule has 1 heterocycles. The molecule has 112 valence electrons. The fourth-order valence-electron chi connectivity index (χ4n) is 1.87. The van der Waals surface area contributed by atoms with E-state index in [1.807, 2.05) is 42.5 Å². The summed E-state index contributed by atoms with van der Waals surface area (Å²) in [6, 6.07) is 12.4. The van der Waals surface area contributed by atoms with Gasteiger partial charge in [0.2, 0.25) is 5.91 Å². The summed E-state index contributed by atoms with van der Waals surface area (Å²) < 4.78 is 10.6. The number of hydrogen-bond donors (Lipinski definition) is 2. The van der Waals surface area contributed by atoms with E-state index in [2.05, 4.69) is 5.32 Å². The number of amides is 1. The van der Waals surface area contributed by atoms with E-state index in [9.17, 15) is 4.79 Å². The molecule has 5 heteroatoms. The van der Waals surface area contributed by atoms with Crippen molar-refractivity contribution in [1.82, 2.24) is 5.32 Å². The Kier molecular flexibility index (Phi) is 5.99. The number of ether oxygens (including phenoxy) is 1. The van der Waals surface area contributed by atoms with Gasteiger partial charge in [-0.2, -0.15) is 0 Å². The van der Waals surface area contributed by atoms with E-state index >= 15 is 0 Å². The predicted molar refractivity (Wildman–Crippen MR) is 79.4 cm³/mol. The van der Waals surface area contributed by atoms with Gasteiger partial charge < -0.3 is 20.2 Å². The van der Waals surface area contributed by atoms with Crippen molar-refractivity contribution in [2.75, 3.05) is 13.2 Å². The maximum absolute atomic E-state index is 11.9. The second kappa shape index (κ2) is 8.24. The molecule has 0 bridgehead atoms. The number of carbonyl (C=O) groups is 1. The highest BCUT2D eigenvalue weighted by atomic mass is 16.5. The van der Waals surface area contributed by atoms with Gasteiger partial charge in [0.25, 0.3) is 0 Å². The molecular formula is C16H20N2O3. The summed E-state index contributed by atoms with van der Waals surface area (Å²) in [7, 11) is 0. The normalized spacial score (nSPS) is 12.0. The fraction of sp³-hybridized carbons (Fsp3) is 0.312. The van der Waals surface area contributed by atoms with E-state index < -0.39 is 6.04 Å². The molecule has 2 aromatic rings. The second-order valence-electron chi connectivity index (χ2n) is 4.66. The van der Waals surface area contributed by atoms with E-state index in [1.165, 1.54) is 0 Å². The second-order valence-corrected chi connectivity index (χ2v) is 4.66. The summed E-state index contributed by atoms with van der Waals surface area (Å²) in [5.74, 6) is 0.623. The third-order valence-corrected chi connectivity index (χ3v) is 3.03. The summed E-state index contributed by atoms with van der Waals surface area (Å²) in [5.41, 5.74) is 6.70. The zero-order chi connectivity index (χ0) is 14.9. The smallest absolute Gasteiger partial charge is 0.241 e. The zero-order valence-corrected chi connectivity index (χ0v) is 11.8. The number of furan rings is 1. The van der Waals surface area contributed by atoms with Crippen LogP contribution in [0.25, 0.3) is 0 Å². The topological polar surface area (TPSA) is 77.5 Å². The van der Waals surface area contributed by atoms with E-state index in [4.69, 9.17) is 14.9 Å². The van der Waals surface area contributed by atoms with Gasteiger partial charge in [0.15, 0.2) is 0 Å². The quantitative estimate of drug-likeness (QED) is 0.728. The minimum absolute atomic E-state index is 0.174. The Bertz CT molecular complexity index is 526. The molecule has 1 aromatic heterocycles. The van der Waals surface area contributed by atoms with Crippen molar-refractivity contribution in [2.45, 2.75) is 19.1 Å². The number of benzene rings is 1. The number of nitrogens with two attached hydrogens (primary N) is 1. The monoisotopic (exact) mass is 288 g/mol. The molecule has 0 aliphatic carbocycles. The average molecular weight is 288 g/mol. The first-order valence-electron chi connectivity index (χ1n) is 6.96. The zero-order valence-electron chi connectivity index (χ0n) is 11.8. The Labute approximate surface area is 124 Å². The molecule has 0 fully saturated rings. The third-order valence-electron chi connectivity index (χ3n) is 3.03. The average Bonchev–Trinajstić information content (AvgIpc) is 3.04. The Morgan fingerprint density at radius 2 is 2.05 bits per heavy atom. The predicted octanol–water partition coefficient (Wildman–Crippen LogP) is 2.00. The summed E-state index contributed by atoms with van der Waals surface area (Å²) in [5, 5.41) is 2.81. The van der Waals surface area contributed by atoms with Crippen LogP contribution in [0.5, 0.6) is 0 Å². The highest BCUT2D eigenvalue weighted by molar-refractivity contribution is 5.82. The van der Waals surface area contributed by atoms with Crippen molar-refractivity contribution < 1.29 is 13.9 Å². The molecule has 21 heavy (non-hydrogen) atoms. The highest BCUT2D eigenvalue weighted by Crippen LogP contribution is 2.09. The van der Waals surface area contributed by atoms with Gasteiger partial charge in [-0.15, -0.1) is 0 Å². The summed E-state index contributed by atoms with van der Waals surface area (Å²) in [6.45, 7) is 1.55. The van der Waals surface area contributed by atoms with Crippen LogP contribution >= 0.6 is 0 Å². The largest absolute Gasteiger partial charge is 0.467 e. The van der Waals surface area contributed by atoms with Crippen LogP contribution in [0.4, 0.5) is 0 Å². The van der Waals surface area contributed by atoms with Gasteiger partial charge in [0.05, 0.1) is 6.26 Å². The summed E-state index contributed by atoms with van der Waals surface area (Å²) in [6.07, 6.45) is 2.35. The maximum atomic E-state index is 11.9. The summed E-state index contributed by atoms with van der Waals surface area (Å²) >= 11 is 0. The molecule has 1 amide bonds. The van der Waals surface area contributed by atoms with Crippen LogP contribution in [0.1, 0.15) is 23.8 Å². The molecule has 3 N–H and O–H groups in total. The fourth-order valence-corrected chi connectivity index (χ4v) is 1.87. The van der Waals surface area contributed by atoms with E-state index in [1.54, 1.807) is 6.26 Å². The number of rotatable bonds is 8. The van der Waals surface area contributed by atoms with Crippen molar-refractivity contribution in [3.63, 3.8) is 0 Å². The SMILES string of the molecule is N[C@H](C(=O)NCCCOCc1ccco1)c1ccccc1. The lowest BCUT2D eigenvalue weighted by molar-refractivity contribution is -0.122. The van der Waals surface area contributed by atoms with E-state index in [0.29, 0.717) is 19.8 Å². The lowest BCUT2D eigenvalue weighted by Crippen LogP contribution is -2.34. The highest BCUT2D eigenvalue weighted by Gasteiger charge is 2.14. The number of nitrogens with one attached hydrogen (secondary N) is 1. The minimum atomic E-state index is -0.629. The molecule has 0 radical (unpaired) electrons. The van der Waals surface area contributed by atoms with Crippen molar-refractivity contribution in [3.8, 4) is 0 Å². The number of carbonyl (C=O) groups excluding carboxylic acids is 1. The minimum Gasteiger partial charge on any atom is -0.467 e. The van der Waals surface area contributed by atoms with Gasteiger partial charge in [-0.05, 0) is 24.1 Å². The van der Waals surface area contributed by atoms with Crippen LogP contribution in [-0.4, -0.2) is 19.1 Å². The van der Waals surface area contributed by atoms with Gasteiger partial charge in [0, 0.05) is 13.2 Å². The first-order chi connectivity index (χ1) is 10.3. The van der Waals surface area contributed by atoms with Crippen molar-refractivity contribution in [1.29, 1.82) is 0 Å². The lowest BCUT2D eigenvalue weighted by Gasteiger charge is -2.12. The Morgan fingerprint density at radius 3 is 2.76 bits per heavy atom. The molecule has 0 aliphatic rings. The Balaban J connectivity index is 1.59. The van der Waals surface area contributed by atoms with Gasteiger partial charge in [-0.3, -0.25) is 4.79 Å². The molecule has 0 saturated heterocycles. The Morgan fingerprint density at radius 1 is 1.24 bits per heavy atom. The molecule has 0 spiro atoms. The van der Waals surface area contributed by atoms with Crippen LogP contribution in [0.15, 0.2) is 53.1 Å². The van der Waals surface area contributed by atoms with E-state index in [0.717, 1.165) is 17.7 Å². The molecule has 2 rings (SSSR count). The van der Waals surface area contributed by atoms with Crippen molar-refractivity contribution in [3.05, 3.63) is 60.1 Å². The molecule has 0 unspecified atom stereocenters. The molecule has 5 nitrogen and oxygen atoms in total. The first kappa shape index (κ1) is 15.3. The van der Waals surface area contributed by atoms with Crippen molar-refractivity contribution in [2.24, 2.45) is 5.73 Å². The van der Waals surface area contributed by atoms with Crippen LogP contribution in [-0.2, 0) is 16.1 Å². The van der Waals surface area contributed by atoms with Crippen LogP contribution in [0.2, 0.25) is 0 Å². The van der Waals surface area contributed by atoms with Gasteiger partial charge in [-0.25, -0.2) is 0 Å². The molecule has 0 aliphatic heterocycles. The van der Waals surface area contributed by atoms with E-state index in [-0.39, 0.29) is 5.91 Å². The molecule has 1 aromatic carbocycles. The van der Waals surface area contributed by atoms with Gasteiger partial charge in [0.1, 0.15) is 18.4 Å². The Hall–Kier alpha value is -2.11. The molecule has 1 atom stereocenters.